The molecular formula is C18H26FN3O2. The van der Waals surface area contributed by atoms with Crippen LogP contribution in [0.2, 0.25) is 0 Å². The number of halogens is 1. The van der Waals surface area contributed by atoms with Crippen molar-refractivity contribution in [1.82, 2.24) is 10.2 Å². The van der Waals surface area contributed by atoms with Gasteiger partial charge in [-0.3, -0.25) is 4.79 Å². The lowest BCUT2D eigenvalue weighted by atomic mass is 9.82. The summed E-state index contributed by atoms with van der Waals surface area (Å²) in [5, 5.41) is 3.01. The van der Waals surface area contributed by atoms with Gasteiger partial charge in [-0.25, -0.2) is 4.39 Å². The maximum absolute atomic E-state index is 14.2. The van der Waals surface area contributed by atoms with E-state index in [0.717, 1.165) is 18.9 Å². The summed E-state index contributed by atoms with van der Waals surface area (Å²) in [6.07, 6.45) is 5.44. The second-order valence-corrected chi connectivity index (χ2v) is 6.85. The lowest BCUT2D eigenvalue weighted by Crippen LogP contribution is -2.55. The molecule has 2 aliphatic heterocycles. The summed E-state index contributed by atoms with van der Waals surface area (Å²) in [6, 6.07) is 3.68. The quantitative estimate of drug-likeness (QED) is 0.830. The normalized spacial score (nSPS) is 26.9. The van der Waals surface area contributed by atoms with E-state index in [4.69, 9.17) is 10.5 Å². The molecule has 1 aromatic rings. The first kappa shape index (κ1) is 17.0. The van der Waals surface area contributed by atoms with Crippen LogP contribution in [0, 0.1) is 5.82 Å². The largest absolute Gasteiger partial charge is 0.492 e. The van der Waals surface area contributed by atoms with Gasteiger partial charge in [-0.15, -0.1) is 0 Å². The number of anilines is 1. The number of rotatable bonds is 4. The molecule has 0 aliphatic carbocycles. The summed E-state index contributed by atoms with van der Waals surface area (Å²) < 4.78 is 19.5. The van der Waals surface area contributed by atoms with Crippen molar-refractivity contribution >= 4 is 11.6 Å². The average molecular weight is 335 g/mol. The third-order valence-electron chi connectivity index (χ3n) is 5.32. The van der Waals surface area contributed by atoms with Crippen molar-refractivity contribution in [2.45, 2.75) is 57.2 Å². The molecular weight excluding hydrogens is 309 g/mol. The molecule has 3 atom stereocenters. The Morgan fingerprint density at radius 3 is 2.67 bits per heavy atom. The molecule has 2 saturated heterocycles. The number of ether oxygens (including phenoxy) is 1. The maximum Gasteiger partial charge on any atom is 0.254 e. The lowest BCUT2D eigenvalue weighted by molar-refractivity contribution is 0.0462. The fourth-order valence-corrected chi connectivity index (χ4v) is 4.02. The van der Waals surface area contributed by atoms with Crippen LogP contribution in [0.3, 0.4) is 0 Å². The number of amides is 1. The number of hydrogen-bond donors (Lipinski definition) is 2. The van der Waals surface area contributed by atoms with Gasteiger partial charge in [0.25, 0.3) is 5.91 Å². The van der Waals surface area contributed by atoms with Crippen LogP contribution in [0.4, 0.5) is 10.1 Å². The number of benzene rings is 1. The third kappa shape index (κ3) is 3.34. The van der Waals surface area contributed by atoms with Crippen molar-refractivity contribution in [2.75, 3.05) is 19.4 Å². The molecule has 2 heterocycles. The first-order valence-corrected chi connectivity index (χ1v) is 8.74. The highest BCUT2D eigenvalue weighted by atomic mass is 19.1. The van der Waals surface area contributed by atoms with Crippen LogP contribution in [-0.2, 0) is 0 Å². The fraction of sp³-hybridized carbons (Fsp3) is 0.611. The van der Waals surface area contributed by atoms with Crippen molar-refractivity contribution in [1.29, 1.82) is 0 Å². The van der Waals surface area contributed by atoms with Gasteiger partial charge in [0.2, 0.25) is 0 Å². The maximum atomic E-state index is 14.2. The minimum atomic E-state index is -0.610. The van der Waals surface area contributed by atoms with Crippen molar-refractivity contribution in [3.8, 4) is 5.75 Å². The zero-order valence-electron chi connectivity index (χ0n) is 14.3. The van der Waals surface area contributed by atoms with Crippen LogP contribution in [0.1, 0.15) is 49.4 Å². The number of nitrogen functional groups attached to an aromatic ring is 1. The van der Waals surface area contributed by atoms with Gasteiger partial charge in [0.15, 0.2) is 0 Å². The number of piperidine rings is 2. The Morgan fingerprint density at radius 1 is 1.38 bits per heavy atom. The third-order valence-corrected chi connectivity index (χ3v) is 5.32. The summed E-state index contributed by atoms with van der Waals surface area (Å²) in [7, 11) is 2.17. The Hall–Kier alpha value is -1.82. The van der Waals surface area contributed by atoms with Gasteiger partial charge in [-0.2, -0.15) is 0 Å². The molecule has 3 N–H and O–H groups in total. The molecule has 3 rings (SSSR count). The predicted octanol–water partition coefficient (Wildman–Crippen LogP) is 2.55. The zero-order valence-corrected chi connectivity index (χ0v) is 14.3. The number of nitrogens with two attached hydrogens (primary N) is 1. The van der Waals surface area contributed by atoms with Gasteiger partial charge in [0, 0.05) is 24.2 Å². The molecule has 5 nitrogen and oxygen atoms in total. The Kier molecular flexibility index (Phi) is 4.94. The number of hydrogen-bond acceptors (Lipinski definition) is 4. The summed E-state index contributed by atoms with van der Waals surface area (Å²) >= 11 is 0. The Morgan fingerprint density at radius 2 is 2.04 bits per heavy atom. The summed E-state index contributed by atoms with van der Waals surface area (Å²) in [5.74, 6) is -0.646. The second-order valence-electron chi connectivity index (χ2n) is 6.85. The molecule has 0 radical (unpaired) electrons. The summed E-state index contributed by atoms with van der Waals surface area (Å²) in [6.45, 7) is 2.23. The van der Waals surface area contributed by atoms with Crippen molar-refractivity contribution in [2.24, 2.45) is 0 Å². The van der Waals surface area contributed by atoms with Crippen LogP contribution in [0.15, 0.2) is 12.1 Å². The number of carbonyl (C=O) groups is 1. The van der Waals surface area contributed by atoms with E-state index < -0.39 is 5.82 Å². The number of fused-ring (bicyclic) bond motifs is 2. The Balaban J connectivity index is 1.72. The van der Waals surface area contributed by atoms with Gasteiger partial charge in [0.05, 0.1) is 17.9 Å². The highest BCUT2D eigenvalue weighted by molar-refractivity contribution is 5.95. The van der Waals surface area contributed by atoms with Gasteiger partial charge in [-0.1, -0.05) is 6.42 Å². The average Bonchev–Trinajstić information content (AvgIpc) is 2.51. The highest BCUT2D eigenvalue weighted by Crippen LogP contribution is 2.33. The van der Waals surface area contributed by atoms with E-state index in [1.54, 1.807) is 0 Å². The van der Waals surface area contributed by atoms with E-state index in [1.165, 1.54) is 25.3 Å². The molecule has 1 aromatic carbocycles. The standard InChI is InChI=1S/C18H26FN3O2/c1-3-24-17-9-14(15(19)10-16(17)20)18(23)21-11-7-12-5-4-6-13(8-11)22(12)2/h9-13H,3-8,20H2,1-2H3,(H,21,23)/t11?,12-,13+. The Labute approximate surface area is 142 Å². The molecule has 1 amide bonds. The molecule has 0 saturated carbocycles. The minimum Gasteiger partial charge on any atom is -0.492 e. The number of carbonyl (C=O) groups excluding carboxylic acids is 1. The van der Waals surface area contributed by atoms with E-state index in [-0.39, 0.29) is 23.2 Å². The molecule has 132 valence electrons. The summed E-state index contributed by atoms with van der Waals surface area (Å²) in [5.41, 5.74) is 5.94. The van der Waals surface area contributed by atoms with E-state index in [0.29, 0.717) is 24.4 Å². The first-order chi connectivity index (χ1) is 11.5. The van der Waals surface area contributed by atoms with Crippen LogP contribution in [0.25, 0.3) is 0 Å². The minimum absolute atomic E-state index is 0.00302. The molecule has 0 aromatic heterocycles. The molecule has 0 spiro atoms. The van der Waals surface area contributed by atoms with Crippen molar-refractivity contribution in [3.05, 3.63) is 23.5 Å². The molecule has 24 heavy (non-hydrogen) atoms. The fourth-order valence-electron chi connectivity index (χ4n) is 4.02. The second kappa shape index (κ2) is 6.97. The zero-order chi connectivity index (χ0) is 17.3. The van der Waals surface area contributed by atoms with Crippen LogP contribution in [-0.4, -0.2) is 42.6 Å². The Bertz CT molecular complexity index is 609. The highest BCUT2D eigenvalue weighted by Gasteiger charge is 2.36. The molecule has 2 aliphatic rings. The van der Waals surface area contributed by atoms with E-state index in [9.17, 15) is 9.18 Å². The monoisotopic (exact) mass is 335 g/mol. The summed E-state index contributed by atoms with van der Waals surface area (Å²) in [4.78, 5) is 15.0. The molecule has 1 unspecified atom stereocenters. The molecule has 2 fully saturated rings. The predicted molar refractivity (Wildman–Crippen MR) is 91.7 cm³/mol. The smallest absolute Gasteiger partial charge is 0.254 e. The van der Waals surface area contributed by atoms with Crippen molar-refractivity contribution in [3.63, 3.8) is 0 Å². The van der Waals surface area contributed by atoms with Gasteiger partial charge in [0.1, 0.15) is 11.6 Å². The lowest BCUT2D eigenvalue weighted by Gasteiger charge is -2.47. The molecule has 6 heteroatoms. The van der Waals surface area contributed by atoms with Gasteiger partial charge < -0.3 is 20.7 Å². The van der Waals surface area contributed by atoms with E-state index in [2.05, 4.69) is 17.3 Å². The topological polar surface area (TPSA) is 67.6 Å². The van der Waals surface area contributed by atoms with Crippen LogP contribution < -0.4 is 15.8 Å². The van der Waals surface area contributed by atoms with Crippen LogP contribution >= 0.6 is 0 Å². The van der Waals surface area contributed by atoms with Gasteiger partial charge >= 0.3 is 0 Å². The first-order valence-electron chi connectivity index (χ1n) is 8.74. The number of nitrogens with one attached hydrogen (secondary N) is 1. The van der Waals surface area contributed by atoms with Crippen LogP contribution in [0.5, 0.6) is 5.75 Å². The SMILES string of the molecule is CCOc1cc(C(=O)NC2C[C@H]3CCC[C@@H](C2)N3C)c(F)cc1N. The number of nitrogens with zero attached hydrogens (tertiary/aromatic N) is 1. The van der Waals surface area contributed by atoms with E-state index in [1.807, 2.05) is 6.92 Å². The van der Waals surface area contributed by atoms with E-state index >= 15 is 0 Å². The van der Waals surface area contributed by atoms with Crippen molar-refractivity contribution < 1.29 is 13.9 Å². The van der Waals surface area contributed by atoms with Gasteiger partial charge in [-0.05, 0) is 45.7 Å². The molecule has 2 bridgehead atoms.